The molecule has 0 aromatic heterocycles. The molecule has 3 N–H and O–H groups in total. The largest absolute Gasteiger partial charge is 0.495 e. The zero-order chi connectivity index (χ0) is 20.2. The van der Waals surface area contributed by atoms with Crippen LogP contribution in [0.4, 0.5) is 18.9 Å². The van der Waals surface area contributed by atoms with Gasteiger partial charge in [-0.25, -0.2) is 13.6 Å². The number of rotatable bonds is 6. The van der Waals surface area contributed by atoms with Gasteiger partial charge in [-0.2, -0.15) is 13.2 Å². The molecule has 0 radical (unpaired) electrons. The first-order valence-electron chi connectivity index (χ1n) is 7.31. The number of anilines is 1. The summed E-state index contributed by atoms with van der Waals surface area (Å²) < 4.78 is 70.4. The molecule has 0 saturated heterocycles. The smallest absolute Gasteiger partial charge is 0.416 e. The van der Waals surface area contributed by atoms with E-state index in [0.717, 1.165) is 30.3 Å². The van der Waals surface area contributed by atoms with Crippen LogP contribution < -0.4 is 19.9 Å². The minimum absolute atomic E-state index is 0.0463. The maximum absolute atomic E-state index is 12.5. The Morgan fingerprint density at radius 1 is 1.15 bits per heavy atom. The minimum Gasteiger partial charge on any atom is -0.495 e. The number of methoxy groups -OCH3 is 1. The molecule has 0 fully saturated rings. The molecule has 0 heterocycles. The molecule has 2 aromatic carbocycles. The monoisotopic (exact) mass is 404 g/mol. The van der Waals surface area contributed by atoms with Crippen LogP contribution in [-0.4, -0.2) is 28.0 Å². The van der Waals surface area contributed by atoms with E-state index in [1.165, 1.54) is 19.2 Å². The molecule has 0 saturated carbocycles. The van der Waals surface area contributed by atoms with Crippen molar-refractivity contribution in [1.82, 2.24) is 0 Å². The van der Waals surface area contributed by atoms with Crippen molar-refractivity contribution in [2.75, 3.05) is 19.0 Å². The minimum atomic E-state index is -4.47. The molecule has 0 aliphatic heterocycles. The van der Waals surface area contributed by atoms with Gasteiger partial charge in [0.05, 0.1) is 23.3 Å². The molecular formula is C16H15F3N2O5S. The second-order valence-corrected chi connectivity index (χ2v) is 6.83. The number of sulfonamides is 1. The summed E-state index contributed by atoms with van der Waals surface area (Å²) in [6.45, 7) is -0.520. The van der Waals surface area contributed by atoms with Crippen molar-refractivity contribution in [1.29, 1.82) is 0 Å². The number of amides is 1. The van der Waals surface area contributed by atoms with Gasteiger partial charge < -0.3 is 14.8 Å². The fourth-order valence-corrected chi connectivity index (χ4v) is 2.58. The van der Waals surface area contributed by atoms with E-state index in [9.17, 15) is 26.4 Å². The number of hydrogen-bond donors (Lipinski definition) is 2. The summed E-state index contributed by atoms with van der Waals surface area (Å²) >= 11 is 0. The Balaban J connectivity index is 2.05. The summed E-state index contributed by atoms with van der Waals surface area (Å²) in [5.74, 6) is -0.437. The van der Waals surface area contributed by atoms with Gasteiger partial charge in [-0.1, -0.05) is 0 Å². The van der Waals surface area contributed by atoms with Crippen molar-refractivity contribution in [3.05, 3.63) is 48.0 Å². The number of ether oxygens (including phenoxy) is 2. The molecule has 0 spiro atoms. The van der Waals surface area contributed by atoms with Gasteiger partial charge in [0.25, 0.3) is 5.91 Å². The number of alkyl halides is 3. The summed E-state index contributed by atoms with van der Waals surface area (Å²) in [6, 6.07) is 7.45. The summed E-state index contributed by atoms with van der Waals surface area (Å²) in [5.41, 5.74) is -0.797. The zero-order valence-electron chi connectivity index (χ0n) is 13.9. The van der Waals surface area contributed by atoms with Crippen molar-refractivity contribution in [3.8, 4) is 11.5 Å². The Morgan fingerprint density at radius 2 is 1.78 bits per heavy atom. The number of carbonyl (C=O) groups is 1. The first-order valence-corrected chi connectivity index (χ1v) is 8.86. The van der Waals surface area contributed by atoms with E-state index in [1.54, 1.807) is 0 Å². The maximum atomic E-state index is 12.5. The van der Waals surface area contributed by atoms with Crippen LogP contribution in [0, 0.1) is 0 Å². The molecule has 2 rings (SSSR count). The van der Waals surface area contributed by atoms with Gasteiger partial charge in [-0.05, 0) is 42.5 Å². The highest BCUT2D eigenvalue weighted by Gasteiger charge is 2.30. The molecular weight excluding hydrogens is 389 g/mol. The number of carbonyl (C=O) groups excluding carboxylic acids is 1. The lowest BCUT2D eigenvalue weighted by Gasteiger charge is -2.12. The van der Waals surface area contributed by atoms with Gasteiger partial charge >= 0.3 is 6.18 Å². The van der Waals surface area contributed by atoms with Gasteiger partial charge in [-0.3, -0.25) is 4.79 Å². The first kappa shape index (κ1) is 20.5. The number of benzene rings is 2. The van der Waals surface area contributed by atoms with E-state index in [2.05, 4.69) is 5.32 Å². The van der Waals surface area contributed by atoms with Crippen molar-refractivity contribution in [2.45, 2.75) is 11.1 Å². The van der Waals surface area contributed by atoms with Crippen molar-refractivity contribution >= 4 is 21.6 Å². The van der Waals surface area contributed by atoms with Gasteiger partial charge in [0.1, 0.15) is 11.5 Å². The molecule has 0 unspecified atom stereocenters. The van der Waals surface area contributed by atoms with Crippen LogP contribution >= 0.6 is 0 Å². The summed E-state index contributed by atoms with van der Waals surface area (Å²) in [4.78, 5) is 11.8. The summed E-state index contributed by atoms with van der Waals surface area (Å²) in [7, 11) is -2.67. The fraction of sp³-hybridized carbons (Fsp3) is 0.188. The van der Waals surface area contributed by atoms with E-state index >= 15 is 0 Å². The lowest BCUT2D eigenvalue weighted by Crippen LogP contribution is -2.21. The van der Waals surface area contributed by atoms with Crippen molar-refractivity contribution in [3.63, 3.8) is 0 Å². The van der Waals surface area contributed by atoms with E-state index in [-0.39, 0.29) is 22.1 Å². The van der Waals surface area contributed by atoms with Crippen LogP contribution in [0.2, 0.25) is 0 Å². The molecule has 146 valence electrons. The predicted octanol–water partition coefficient (Wildman–Crippen LogP) is 2.38. The van der Waals surface area contributed by atoms with Crippen molar-refractivity contribution < 1.29 is 35.9 Å². The van der Waals surface area contributed by atoms with Crippen LogP contribution in [0.25, 0.3) is 0 Å². The maximum Gasteiger partial charge on any atom is 0.416 e. The SMILES string of the molecule is COc1ccc(S(N)(=O)=O)cc1NC(=O)COc1ccc(C(F)(F)F)cc1. The van der Waals surface area contributed by atoms with Crippen LogP contribution in [0.15, 0.2) is 47.4 Å². The van der Waals surface area contributed by atoms with E-state index in [1.807, 2.05) is 0 Å². The molecule has 7 nitrogen and oxygen atoms in total. The Morgan fingerprint density at radius 3 is 2.30 bits per heavy atom. The first-order chi connectivity index (χ1) is 12.5. The number of primary sulfonamides is 1. The molecule has 0 bridgehead atoms. The molecule has 11 heteroatoms. The Kier molecular flexibility index (Phi) is 5.96. The number of hydrogen-bond acceptors (Lipinski definition) is 5. The lowest BCUT2D eigenvalue weighted by atomic mass is 10.2. The highest BCUT2D eigenvalue weighted by Crippen LogP contribution is 2.30. The number of halogens is 3. The third-order valence-corrected chi connectivity index (χ3v) is 4.24. The van der Waals surface area contributed by atoms with Gasteiger partial charge in [0.15, 0.2) is 6.61 Å². The van der Waals surface area contributed by atoms with Crippen LogP contribution in [0.5, 0.6) is 11.5 Å². The average molecular weight is 404 g/mol. The molecule has 0 aliphatic carbocycles. The van der Waals surface area contributed by atoms with Crippen molar-refractivity contribution in [2.24, 2.45) is 5.14 Å². The van der Waals surface area contributed by atoms with Gasteiger partial charge in [0.2, 0.25) is 10.0 Å². The molecule has 2 aromatic rings. The third kappa shape index (κ3) is 5.59. The third-order valence-electron chi connectivity index (χ3n) is 3.33. The second kappa shape index (κ2) is 7.84. The zero-order valence-corrected chi connectivity index (χ0v) is 14.7. The summed E-state index contributed by atoms with van der Waals surface area (Å²) in [6.07, 6.45) is -4.47. The molecule has 1 amide bonds. The topological polar surface area (TPSA) is 108 Å². The Labute approximate surface area is 152 Å². The normalized spacial score (nSPS) is 11.7. The van der Waals surface area contributed by atoms with Crippen LogP contribution in [0.1, 0.15) is 5.56 Å². The van der Waals surface area contributed by atoms with Gasteiger partial charge in [0, 0.05) is 0 Å². The highest BCUT2D eigenvalue weighted by molar-refractivity contribution is 7.89. The van der Waals surface area contributed by atoms with Gasteiger partial charge in [-0.15, -0.1) is 0 Å². The average Bonchev–Trinajstić information content (AvgIpc) is 2.58. The second-order valence-electron chi connectivity index (χ2n) is 5.27. The Bertz CT molecular complexity index is 928. The Hall–Kier alpha value is -2.79. The van der Waals surface area contributed by atoms with E-state index < -0.39 is 34.3 Å². The van der Waals surface area contributed by atoms with Crippen LogP contribution in [-0.2, 0) is 21.0 Å². The van der Waals surface area contributed by atoms with E-state index in [0.29, 0.717) is 0 Å². The molecule has 0 aliphatic rings. The van der Waals surface area contributed by atoms with E-state index in [4.69, 9.17) is 14.6 Å². The standard InChI is InChI=1S/C16H15F3N2O5S/c1-25-14-7-6-12(27(20,23)24)8-13(14)21-15(22)9-26-11-4-2-10(3-5-11)16(17,18)19/h2-8H,9H2,1H3,(H,21,22)(H2,20,23,24). The molecule has 0 atom stereocenters. The predicted molar refractivity (Wildman–Crippen MR) is 89.9 cm³/mol. The highest BCUT2D eigenvalue weighted by atomic mass is 32.2. The summed E-state index contributed by atoms with van der Waals surface area (Å²) in [5, 5.41) is 7.43. The lowest BCUT2D eigenvalue weighted by molar-refractivity contribution is -0.137. The van der Waals surface area contributed by atoms with Crippen LogP contribution in [0.3, 0.4) is 0 Å². The quantitative estimate of drug-likeness (QED) is 0.769. The fourth-order valence-electron chi connectivity index (χ4n) is 2.04. The number of nitrogens with two attached hydrogens (primary N) is 1. The molecule has 27 heavy (non-hydrogen) atoms. The number of nitrogens with one attached hydrogen (secondary N) is 1.